The Morgan fingerprint density at radius 1 is 1.10 bits per heavy atom. The van der Waals surface area contributed by atoms with Crippen molar-refractivity contribution in [3.05, 3.63) is 77.9 Å². The van der Waals surface area contributed by atoms with E-state index in [-0.39, 0.29) is 10.5 Å². The minimum Gasteiger partial charge on any atom is -0.375 e. The number of sulfonamides is 1. The molecule has 0 spiro atoms. The number of halogens is 3. The largest absolute Gasteiger partial charge is 0.416 e. The molecule has 2 aromatic rings. The lowest BCUT2D eigenvalue weighted by Crippen LogP contribution is -2.47. The van der Waals surface area contributed by atoms with Gasteiger partial charge in [-0.15, -0.1) is 6.58 Å². The van der Waals surface area contributed by atoms with Gasteiger partial charge in [-0.1, -0.05) is 35.9 Å². The summed E-state index contributed by atoms with van der Waals surface area (Å²) in [5.41, 5.74) is -4.08. The molecule has 1 aliphatic rings. The number of aryl methyl sites for hydroxylation is 1. The molecule has 1 saturated heterocycles. The number of aliphatic hydroxyl groups is 1. The van der Waals surface area contributed by atoms with Gasteiger partial charge in [-0.2, -0.15) is 13.2 Å². The predicted octanol–water partition coefficient (Wildman–Crippen LogP) is 3.77. The Balaban J connectivity index is 2.10. The summed E-state index contributed by atoms with van der Waals surface area (Å²) >= 11 is 0. The Labute approximate surface area is 172 Å². The maximum absolute atomic E-state index is 13.2. The zero-order valence-electron chi connectivity index (χ0n) is 16.3. The molecule has 0 saturated carbocycles. The number of carbonyl (C=O) groups excluding carboxylic acids is 1. The van der Waals surface area contributed by atoms with Gasteiger partial charge in [0.15, 0.2) is 5.60 Å². The summed E-state index contributed by atoms with van der Waals surface area (Å²) in [6, 6.07) is 9.26. The molecule has 2 aromatic carbocycles. The highest BCUT2D eigenvalue weighted by Gasteiger charge is 2.60. The third kappa shape index (κ3) is 3.41. The van der Waals surface area contributed by atoms with E-state index in [1.807, 2.05) is 0 Å². The zero-order chi connectivity index (χ0) is 22.5. The summed E-state index contributed by atoms with van der Waals surface area (Å²) in [4.78, 5) is 13.1. The standard InChI is InChI=1S/C21H20F3NO4S/c1-4-19(3)13-20(27,15-7-9-16(10-8-15)21(22,23)24)18(26)25(19)30(28,29)17-11-5-14(2)6-12-17/h4-12,27H,1,13H2,2-3H3/t19-,20-/m0/s1. The van der Waals surface area contributed by atoms with E-state index in [0.29, 0.717) is 4.31 Å². The molecule has 0 aromatic heterocycles. The van der Waals surface area contributed by atoms with Crippen LogP contribution in [0.25, 0.3) is 0 Å². The summed E-state index contributed by atoms with van der Waals surface area (Å²) < 4.78 is 65.6. The molecule has 1 heterocycles. The van der Waals surface area contributed by atoms with Crippen LogP contribution >= 0.6 is 0 Å². The van der Waals surface area contributed by atoms with E-state index in [1.165, 1.54) is 25.1 Å². The summed E-state index contributed by atoms with van der Waals surface area (Å²) in [7, 11) is -4.36. The van der Waals surface area contributed by atoms with Crippen LogP contribution in [-0.4, -0.2) is 29.3 Å². The lowest BCUT2D eigenvalue weighted by atomic mass is 9.85. The highest BCUT2D eigenvalue weighted by atomic mass is 32.2. The molecule has 1 aliphatic heterocycles. The number of amides is 1. The van der Waals surface area contributed by atoms with E-state index >= 15 is 0 Å². The first-order chi connectivity index (χ1) is 13.8. The van der Waals surface area contributed by atoms with Crippen LogP contribution in [0, 0.1) is 6.92 Å². The first kappa shape index (κ1) is 22.0. The second-order valence-corrected chi connectivity index (χ2v) is 9.35. The van der Waals surface area contributed by atoms with E-state index in [9.17, 15) is 31.5 Å². The van der Waals surface area contributed by atoms with Crippen LogP contribution in [0.5, 0.6) is 0 Å². The summed E-state index contributed by atoms with van der Waals surface area (Å²) in [5.74, 6) is -1.15. The number of carbonyl (C=O) groups is 1. The number of alkyl halides is 3. The van der Waals surface area contributed by atoms with E-state index in [2.05, 4.69) is 6.58 Å². The average molecular weight is 439 g/mol. The van der Waals surface area contributed by atoms with Gasteiger partial charge in [0, 0.05) is 6.42 Å². The molecule has 2 atom stereocenters. The van der Waals surface area contributed by atoms with E-state index < -0.39 is 45.2 Å². The van der Waals surface area contributed by atoms with Gasteiger partial charge >= 0.3 is 6.18 Å². The van der Waals surface area contributed by atoms with Crippen molar-refractivity contribution in [2.45, 2.75) is 42.5 Å². The maximum atomic E-state index is 13.2. The quantitative estimate of drug-likeness (QED) is 0.736. The molecular formula is C21H20F3NO4S. The molecule has 30 heavy (non-hydrogen) atoms. The van der Waals surface area contributed by atoms with Crippen molar-refractivity contribution in [3.63, 3.8) is 0 Å². The second kappa shape index (κ2) is 6.95. The van der Waals surface area contributed by atoms with Crippen molar-refractivity contribution in [1.29, 1.82) is 0 Å². The molecule has 0 radical (unpaired) electrons. The van der Waals surface area contributed by atoms with E-state index in [1.54, 1.807) is 19.1 Å². The minimum absolute atomic E-state index is 0.129. The van der Waals surface area contributed by atoms with Crippen LogP contribution in [0.3, 0.4) is 0 Å². The summed E-state index contributed by atoms with van der Waals surface area (Å²) in [6.45, 7) is 6.80. The van der Waals surface area contributed by atoms with Crippen molar-refractivity contribution in [2.75, 3.05) is 0 Å². The Morgan fingerprint density at radius 2 is 1.63 bits per heavy atom. The van der Waals surface area contributed by atoms with Crippen molar-refractivity contribution in [2.24, 2.45) is 0 Å². The molecule has 9 heteroatoms. The first-order valence-corrected chi connectivity index (χ1v) is 10.4. The van der Waals surface area contributed by atoms with Crippen molar-refractivity contribution >= 4 is 15.9 Å². The second-order valence-electron chi connectivity index (χ2n) is 7.56. The van der Waals surface area contributed by atoms with Gasteiger partial charge in [-0.3, -0.25) is 4.79 Å². The van der Waals surface area contributed by atoms with Gasteiger partial charge in [-0.25, -0.2) is 12.7 Å². The molecule has 1 amide bonds. The number of rotatable bonds is 4. The van der Waals surface area contributed by atoms with Gasteiger partial charge in [-0.05, 0) is 43.7 Å². The van der Waals surface area contributed by atoms with Crippen LogP contribution in [0.15, 0.2) is 66.1 Å². The third-order valence-electron chi connectivity index (χ3n) is 5.30. The smallest absolute Gasteiger partial charge is 0.375 e. The SMILES string of the molecule is C=C[C@@]1(C)C[C@](O)(c2ccc(C(F)(F)F)cc2)C(=O)N1S(=O)(=O)c1ccc(C)cc1. The number of hydrogen-bond donors (Lipinski definition) is 1. The van der Waals surface area contributed by atoms with Gasteiger partial charge < -0.3 is 5.11 Å². The molecule has 5 nitrogen and oxygen atoms in total. The monoisotopic (exact) mass is 439 g/mol. The van der Waals surface area contributed by atoms with Crippen LogP contribution in [0.1, 0.15) is 30.0 Å². The van der Waals surface area contributed by atoms with Gasteiger partial charge in [0.1, 0.15) is 0 Å². The molecule has 0 aliphatic carbocycles. The lowest BCUT2D eigenvalue weighted by molar-refractivity contribution is -0.140. The summed E-state index contributed by atoms with van der Waals surface area (Å²) in [5, 5.41) is 11.1. The Kier molecular flexibility index (Phi) is 5.11. The Morgan fingerprint density at radius 3 is 2.10 bits per heavy atom. The van der Waals surface area contributed by atoms with Crippen LogP contribution < -0.4 is 0 Å². The highest BCUT2D eigenvalue weighted by Crippen LogP contribution is 2.46. The number of hydrogen-bond acceptors (Lipinski definition) is 4. The molecule has 1 fully saturated rings. The molecular weight excluding hydrogens is 419 g/mol. The van der Waals surface area contributed by atoms with E-state index in [4.69, 9.17) is 0 Å². The zero-order valence-corrected chi connectivity index (χ0v) is 17.1. The highest BCUT2D eigenvalue weighted by molar-refractivity contribution is 7.89. The third-order valence-corrected chi connectivity index (χ3v) is 7.24. The predicted molar refractivity (Wildman–Crippen MR) is 104 cm³/mol. The molecule has 0 unspecified atom stereocenters. The fourth-order valence-electron chi connectivity index (χ4n) is 3.58. The first-order valence-electron chi connectivity index (χ1n) is 8.96. The normalized spacial score (nSPS) is 24.9. The number of nitrogens with zero attached hydrogens (tertiary/aromatic N) is 1. The van der Waals surface area contributed by atoms with Crippen LogP contribution in [0.2, 0.25) is 0 Å². The number of benzene rings is 2. The average Bonchev–Trinajstić information content (AvgIpc) is 2.89. The molecule has 160 valence electrons. The van der Waals surface area contributed by atoms with Crippen molar-refractivity contribution in [3.8, 4) is 0 Å². The molecule has 0 bridgehead atoms. The maximum Gasteiger partial charge on any atom is 0.416 e. The van der Waals surface area contributed by atoms with Crippen molar-refractivity contribution < 1.29 is 31.5 Å². The van der Waals surface area contributed by atoms with Crippen LogP contribution in [0.4, 0.5) is 13.2 Å². The molecule has 3 rings (SSSR count). The Bertz CT molecular complexity index is 1090. The summed E-state index contributed by atoms with van der Waals surface area (Å²) in [6.07, 6.45) is -3.74. The van der Waals surface area contributed by atoms with E-state index in [0.717, 1.165) is 29.8 Å². The minimum atomic E-state index is -4.59. The van der Waals surface area contributed by atoms with Gasteiger partial charge in [0.25, 0.3) is 15.9 Å². The lowest BCUT2D eigenvalue weighted by Gasteiger charge is -2.30. The van der Waals surface area contributed by atoms with Crippen molar-refractivity contribution in [1.82, 2.24) is 4.31 Å². The van der Waals surface area contributed by atoms with Gasteiger partial charge in [0.05, 0.1) is 16.0 Å². The fraction of sp³-hybridized carbons (Fsp3) is 0.286. The fourth-order valence-corrected chi connectivity index (χ4v) is 5.33. The molecule has 1 N–H and O–H groups in total. The Hall–Kier alpha value is -2.65. The topological polar surface area (TPSA) is 74.7 Å². The van der Waals surface area contributed by atoms with Crippen LogP contribution in [-0.2, 0) is 26.6 Å². The van der Waals surface area contributed by atoms with Gasteiger partial charge in [0.2, 0.25) is 0 Å².